The van der Waals surface area contributed by atoms with Gasteiger partial charge in [-0.05, 0) is 31.7 Å². The maximum atomic E-state index is 12.3. The first kappa shape index (κ1) is 11.4. The van der Waals surface area contributed by atoms with Crippen molar-refractivity contribution in [2.75, 3.05) is 13.1 Å². The zero-order chi connectivity index (χ0) is 13.0. The van der Waals surface area contributed by atoms with Crippen LogP contribution in [0.25, 0.3) is 4.96 Å². The van der Waals surface area contributed by atoms with Crippen LogP contribution in [0.2, 0.25) is 0 Å². The van der Waals surface area contributed by atoms with Gasteiger partial charge >= 0.3 is 0 Å². The summed E-state index contributed by atoms with van der Waals surface area (Å²) >= 11 is 1.55. The second kappa shape index (κ2) is 4.05. The van der Waals surface area contributed by atoms with Gasteiger partial charge in [0.2, 0.25) is 0 Å². The second-order valence-electron chi connectivity index (χ2n) is 5.49. The van der Waals surface area contributed by atoms with Gasteiger partial charge in [-0.3, -0.25) is 9.20 Å². The normalized spacial score (nSPS) is 28.6. The van der Waals surface area contributed by atoms with Crippen LogP contribution in [0.4, 0.5) is 0 Å². The molecule has 1 saturated carbocycles. The van der Waals surface area contributed by atoms with Crippen molar-refractivity contribution in [1.82, 2.24) is 20.0 Å². The van der Waals surface area contributed by atoms with Gasteiger partial charge in [0, 0.05) is 24.2 Å². The van der Waals surface area contributed by atoms with Gasteiger partial charge in [-0.15, -0.1) is 11.3 Å². The summed E-state index contributed by atoms with van der Waals surface area (Å²) < 4.78 is 1.87. The molecule has 2 aromatic rings. The van der Waals surface area contributed by atoms with Gasteiger partial charge < -0.3 is 10.6 Å². The van der Waals surface area contributed by atoms with E-state index in [1.807, 2.05) is 22.9 Å². The van der Waals surface area contributed by atoms with E-state index in [1.165, 1.54) is 6.42 Å². The van der Waals surface area contributed by atoms with Crippen LogP contribution in [0.3, 0.4) is 0 Å². The van der Waals surface area contributed by atoms with Crippen LogP contribution in [0, 0.1) is 18.8 Å². The van der Waals surface area contributed by atoms with Crippen molar-refractivity contribution in [2.45, 2.75) is 19.4 Å². The minimum Gasteiger partial charge on any atom is -0.349 e. The summed E-state index contributed by atoms with van der Waals surface area (Å²) in [6.45, 7) is 3.72. The van der Waals surface area contributed by atoms with Crippen molar-refractivity contribution in [3.8, 4) is 0 Å². The average Bonchev–Trinajstić information content (AvgIpc) is 2.70. The fourth-order valence-electron chi connectivity index (χ4n) is 3.13. The van der Waals surface area contributed by atoms with Gasteiger partial charge in [0.25, 0.3) is 5.91 Å². The van der Waals surface area contributed by atoms with Crippen LogP contribution in [0.15, 0.2) is 11.6 Å². The molecule has 100 valence electrons. The largest absolute Gasteiger partial charge is 0.349 e. The van der Waals surface area contributed by atoms with Gasteiger partial charge in [-0.2, -0.15) is 0 Å². The molecular weight excluding hydrogens is 260 g/mol. The number of aromatic nitrogens is 2. The van der Waals surface area contributed by atoms with E-state index in [0.29, 0.717) is 11.7 Å². The molecule has 0 radical (unpaired) electrons. The van der Waals surface area contributed by atoms with Crippen LogP contribution >= 0.6 is 11.3 Å². The molecule has 2 aliphatic rings. The van der Waals surface area contributed by atoms with E-state index in [2.05, 4.69) is 15.6 Å². The molecule has 3 atom stereocenters. The van der Waals surface area contributed by atoms with Crippen molar-refractivity contribution < 1.29 is 4.79 Å². The first-order valence-corrected chi connectivity index (χ1v) is 7.56. The lowest BCUT2D eigenvalue weighted by Gasteiger charge is -2.14. The number of hydrogen-bond acceptors (Lipinski definition) is 4. The predicted molar refractivity (Wildman–Crippen MR) is 73.5 cm³/mol. The fourth-order valence-corrected chi connectivity index (χ4v) is 3.89. The highest BCUT2D eigenvalue weighted by Gasteiger charge is 2.47. The van der Waals surface area contributed by atoms with Crippen molar-refractivity contribution in [2.24, 2.45) is 11.8 Å². The van der Waals surface area contributed by atoms with Gasteiger partial charge in [-0.1, -0.05) is 0 Å². The molecule has 5 nitrogen and oxygen atoms in total. The first-order chi connectivity index (χ1) is 9.24. The SMILES string of the molecule is Cc1nc2sccn2c1C(=O)NC[C@H]1NCC2C[C@@H]21. The van der Waals surface area contributed by atoms with Crippen molar-refractivity contribution in [3.63, 3.8) is 0 Å². The zero-order valence-corrected chi connectivity index (χ0v) is 11.5. The molecule has 6 heteroatoms. The van der Waals surface area contributed by atoms with Gasteiger partial charge in [-0.25, -0.2) is 4.98 Å². The molecule has 2 N–H and O–H groups in total. The molecule has 1 saturated heterocycles. The molecule has 1 unspecified atom stereocenters. The maximum Gasteiger partial charge on any atom is 0.270 e. The molecule has 4 rings (SSSR count). The summed E-state index contributed by atoms with van der Waals surface area (Å²) in [7, 11) is 0. The lowest BCUT2D eigenvalue weighted by Crippen LogP contribution is -2.40. The van der Waals surface area contributed by atoms with Gasteiger partial charge in [0.05, 0.1) is 5.69 Å². The van der Waals surface area contributed by atoms with Crippen molar-refractivity contribution in [3.05, 3.63) is 23.0 Å². The predicted octanol–water partition coefficient (Wildman–Crippen LogP) is 1.04. The first-order valence-electron chi connectivity index (χ1n) is 6.68. The summed E-state index contributed by atoms with van der Waals surface area (Å²) in [5.41, 5.74) is 1.47. The Morgan fingerprint density at radius 1 is 1.68 bits per heavy atom. The number of rotatable bonds is 3. The number of amides is 1. The third-order valence-corrected chi connectivity index (χ3v) is 5.03. The Morgan fingerprint density at radius 3 is 3.32 bits per heavy atom. The van der Waals surface area contributed by atoms with Crippen LogP contribution < -0.4 is 10.6 Å². The Balaban J connectivity index is 1.50. The van der Waals surface area contributed by atoms with E-state index < -0.39 is 0 Å². The van der Waals surface area contributed by atoms with Gasteiger partial charge in [0.15, 0.2) is 4.96 Å². The Morgan fingerprint density at radius 2 is 2.58 bits per heavy atom. The molecule has 0 bridgehead atoms. The number of imidazole rings is 1. The molecule has 1 amide bonds. The molecule has 1 aliphatic carbocycles. The lowest BCUT2D eigenvalue weighted by molar-refractivity contribution is 0.0943. The van der Waals surface area contributed by atoms with E-state index in [-0.39, 0.29) is 5.91 Å². The third-order valence-electron chi connectivity index (χ3n) is 4.27. The molecule has 19 heavy (non-hydrogen) atoms. The minimum absolute atomic E-state index is 0.0192. The number of fused-ring (bicyclic) bond motifs is 2. The van der Waals surface area contributed by atoms with Crippen LogP contribution in [-0.4, -0.2) is 34.4 Å². The van der Waals surface area contributed by atoms with Crippen LogP contribution in [-0.2, 0) is 0 Å². The number of aryl methyl sites for hydroxylation is 1. The highest BCUT2D eigenvalue weighted by molar-refractivity contribution is 7.15. The Hall–Kier alpha value is -1.40. The summed E-state index contributed by atoms with van der Waals surface area (Å²) in [4.78, 5) is 17.6. The topological polar surface area (TPSA) is 58.4 Å². The Kier molecular flexibility index (Phi) is 2.43. The number of thiazole rings is 1. The summed E-state index contributed by atoms with van der Waals surface area (Å²) in [5.74, 6) is 1.63. The summed E-state index contributed by atoms with van der Waals surface area (Å²) in [6.07, 6.45) is 3.23. The van der Waals surface area contributed by atoms with Gasteiger partial charge in [0.1, 0.15) is 5.69 Å². The highest BCUT2D eigenvalue weighted by Crippen LogP contribution is 2.44. The van der Waals surface area contributed by atoms with E-state index in [1.54, 1.807) is 11.3 Å². The number of carbonyl (C=O) groups is 1. The van der Waals surface area contributed by atoms with E-state index in [0.717, 1.165) is 35.6 Å². The quantitative estimate of drug-likeness (QED) is 0.881. The molecule has 2 aromatic heterocycles. The second-order valence-corrected chi connectivity index (χ2v) is 6.36. The average molecular weight is 276 g/mol. The standard InChI is InChI=1S/C13H16N4OS/c1-7-11(17-2-3-19-13(17)16-7)12(18)15-6-10-9-4-8(9)5-14-10/h2-3,8-10,14H,4-6H2,1H3,(H,15,18)/t8?,9-,10+/m0/s1. The van der Waals surface area contributed by atoms with E-state index in [9.17, 15) is 4.79 Å². The minimum atomic E-state index is -0.0192. The van der Waals surface area contributed by atoms with E-state index in [4.69, 9.17) is 0 Å². The molecular formula is C13H16N4OS. The third kappa shape index (κ3) is 1.78. The molecule has 0 spiro atoms. The number of carbonyl (C=O) groups excluding carboxylic acids is 1. The number of hydrogen-bond donors (Lipinski definition) is 2. The van der Waals surface area contributed by atoms with E-state index >= 15 is 0 Å². The molecule has 1 aliphatic heterocycles. The van der Waals surface area contributed by atoms with Crippen molar-refractivity contribution >= 4 is 22.2 Å². The summed E-state index contributed by atoms with van der Waals surface area (Å²) in [5, 5.41) is 8.47. The molecule has 3 heterocycles. The smallest absolute Gasteiger partial charge is 0.270 e. The number of nitrogens with one attached hydrogen (secondary N) is 2. The van der Waals surface area contributed by atoms with Crippen LogP contribution in [0.5, 0.6) is 0 Å². The zero-order valence-electron chi connectivity index (χ0n) is 10.7. The molecule has 0 aromatic carbocycles. The van der Waals surface area contributed by atoms with Crippen molar-refractivity contribution in [1.29, 1.82) is 0 Å². The lowest BCUT2D eigenvalue weighted by atomic mass is 10.2. The monoisotopic (exact) mass is 276 g/mol. The molecule has 2 fully saturated rings. The number of piperidine rings is 1. The summed E-state index contributed by atoms with van der Waals surface area (Å²) in [6, 6.07) is 0.458. The Labute approximate surface area is 115 Å². The Bertz CT molecular complexity index is 646. The fraction of sp³-hybridized carbons (Fsp3) is 0.538. The number of nitrogens with zero attached hydrogens (tertiary/aromatic N) is 2. The van der Waals surface area contributed by atoms with Crippen LogP contribution in [0.1, 0.15) is 22.6 Å². The maximum absolute atomic E-state index is 12.3. The highest BCUT2D eigenvalue weighted by atomic mass is 32.1.